The maximum absolute atomic E-state index is 5.96. The van der Waals surface area contributed by atoms with E-state index in [0.29, 0.717) is 11.6 Å². The van der Waals surface area contributed by atoms with Gasteiger partial charge in [0.1, 0.15) is 0 Å². The quantitative estimate of drug-likeness (QED) is 0.787. The lowest BCUT2D eigenvalue weighted by Gasteiger charge is -2.10. The van der Waals surface area contributed by atoms with Gasteiger partial charge in [0.25, 0.3) is 0 Å². The lowest BCUT2D eigenvalue weighted by atomic mass is 10.0. The number of nitrogens with two attached hydrogens (primary N) is 1. The monoisotopic (exact) mass is 203 g/mol. The first-order chi connectivity index (χ1) is 5.65. The van der Waals surface area contributed by atoms with E-state index >= 15 is 0 Å². The Balaban J connectivity index is 3.04. The molecule has 1 atom stereocenters. The van der Waals surface area contributed by atoms with Gasteiger partial charge in [0.05, 0.1) is 0 Å². The third-order valence-corrected chi connectivity index (χ3v) is 2.42. The van der Waals surface area contributed by atoms with Crippen LogP contribution in [-0.2, 0) is 0 Å². The van der Waals surface area contributed by atoms with Crippen molar-refractivity contribution in [2.75, 3.05) is 6.54 Å². The lowest BCUT2D eigenvalue weighted by Crippen LogP contribution is -2.09. The topological polar surface area (TPSA) is 26.0 Å². The van der Waals surface area contributed by atoms with E-state index in [2.05, 4.69) is 0 Å². The molecule has 0 saturated heterocycles. The van der Waals surface area contributed by atoms with E-state index in [4.69, 9.17) is 28.9 Å². The van der Waals surface area contributed by atoms with Crippen LogP contribution >= 0.6 is 23.2 Å². The summed E-state index contributed by atoms with van der Waals surface area (Å²) in [5.41, 5.74) is 6.54. The molecule has 0 aliphatic heterocycles. The van der Waals surface area contributed by atoms with Crippen molar-refractivity contribution in [2.24, 2.45) is 5.73 Å². The second-order valence-electron chi connectivity index (χ2n) is 2.80. The molecule has 1 nitrogen and oxygen atoms in total. The maximum Gasteiger partial charge on any atom is 0.0442 e. The van der Waals surface area contributed by atoms with Gasteiger partial charge < -0.3 is 5.73 Å². The van der Waals surface area contributed by atoms with Gasteiger partial charge in [0, 0.05) is 10.0 Å². The number of hydrogen-bond acceptors (Lipinski definition) is 1. The molecule has 0 amide bonds. The molecule has 66 valence electrons. The summed E-state index contributed by atoms with van der Waals surface area (Å²) in [6.45, 7) is 2.61. The molecule has 0 saturated carbocycles. The van der Waals surface area contributed by atoms with Crippen molar-refractivity contribution in [3.05, 3.63) is 33.8 Å². The molecule has 2 N–H and O–H groups in total. The van der Waals surface area contributed by atoms with Crippen LogP contribution in [0.1, 0.15) is 18.4 Å². The first-order valence-electron chi connectivity index (χ1n) is 3.80. The molecule has 0 spiro atoms. The molecule has 1 aromatic carbocycles. The standard InChI is InChI=1S/C9H11Cl2N/c1-6(5-12)8-4-7(10)2-3-9(8)11/h2-4,6H,5,12H2,1H3/t6-/m0/s1. The minimum Gasteiger partial charge on any atom is -0.330 e. The fourth-order valence-corrected chi connectivity index (χ4v) is 1.50. The summed E-state index contributed by atoms with van der Waals surface area (Å²) in [5.74, 6) is 0.260. The average molecular weight is 204 g/mol. The number of halogens is 2. The van der Waals surface area contributed by atoms with Gasteiger partial charge in [-0.2, -0.15) is 0 Å². The summed E-state index contributed by atoms with van der Waals surface area (Å²) < 4.78 is 0. The molecule has 0 radical (unpaired) electrons. The van der Waals surface area contributed by atoms with Crippen LogP contribution in [0.3, 0.4) is 0 Å². The first-order valence-corrected chi connectivity index (χ1v) is 4.55. The van der Waals surface area contributed by atoms with E-state index in [9.17, 15) is 0 Å². The summed E-state index contributed by atoms with van der Waals surface area (Å²) in [6.07, 6.45) is 0. The molecule has 0 heterocycles. The van der Waals surface area contributed by atoms with Crippen molar-refractivity contribution in [1.82, 2.24) is 0 Å². The van der Waals surface area contributed by atoms with E-state index in [1.54, 1.807) is 12.1 Å². The Labute approximate surface area is 82.5 Å². The van der Waals surface area contributed by atoms with Crippen LogP contribution in [0.2, 0.25) is 10.0 Å². The smallest absolute Gasteiger partial charge is 0.0442 e. The van der Waals surface area contributed by atoms with Crippen LogP contribution in [0, 0.1) is 0 Å². The van der Waals surface area contributed by atoms with Gasteiger partial charge in [-0.25, -0.2) is 0 Å². The predicted octanol–water partition coefficient (Wildman–Crippen LogP) is 3.06. The van der Waals surface area contributed by atoms with Gasteiger partial charge in [-0.05, 0) is 36.2 Å². The molecule has 1 aromatic rings. The highest BCUT2D eigenvalue weighted by Crippen LogP contribution is 2.26. The van der Waals surface area contributed by atoms with Crippen LogP contribution in [-0.4, -0.2) is 6.54 Å². The summed E-state index contributed by atoms with van der Waals surface area (Å²) >= 11 is 11.8. The van der Waals surface area contributed by atoms with Crippen molar-refractivity contribution < 1.29 is 0 Å². The zero-order valence-electron chi connectivity index (χ0n) is 6.85. The minimum atomic E-state index is 0.260. The maximum atomic E-state index is 5.96. The Kier molecular flexibility index (Phi) is 3.39. The summed E-state index contributed by atoms with van der Waals surface area (Å²) in [5, 5.41) is 1.44. The van der Waals surface area contributed by atoms with E-state index in [1.807, 2.05) is 13.0 Å². The van der Waals surface area contributed by atoms with E-state index in [0.717, 1.165) is 10.6 Å². The summed E-state index contributed by atoms with van der Waals surface area (Å²) in [7, 11) is 0. The Morgan fingerprint density at radius 2 is 2.08 bits per heavy atom. The zero-order chi connectivity index (χ0) is 9.14. The van der Waals surface area contributed by atoms with Crippen LogP contribution in [0.5, 0.6) is 0 Å². The van der Waals surface area contributed by atoms with Gasteiger partial charge in [0.15, 0.2) is 0 Å². The molecule has 0 bridgehead atoms. The summed E-state index contributed by atoms with van der Waals surface area (Å²) in [6, 6.07) is 5.43. The van der Waals surface area contributed by atoms with Crippen LogP contribution in [0.25, 0.3) is 0 Å². The van der Waals surface area contributed by atoms with Gasteiger partial charge in [-0.15, -0.1) is 0 Å². The van der Waals surface area contributed by atoms with Crippen molar-refractivity contribution in [3.63, 3.8) is 0 Å². The fraction of sp³-hybridized carbons (Fsp3) is 0.333. The van der Waals surface area contributed by atoms with Crippen LogP contribution in [0.15, 0.2) is 18.2 Å². The van der Waals surface area contributed by atoms with Gasteiger partial charge in [0.2, 0.25) is 0 Å². The van der Waals surface area contributed by atoms with E-state index in [1.165, 1.54) is 0 Å². The minimum absolute atomic E-state index is 0.260. The highest BCUT2D eigenvalue weighted by atomic mass is 35.5. The molecule has 12 heavy (non-hydrogen) atoms. The zero-order valence-corrected chi connectivity index (χ0v) is 8.36. The summed E-state index contributed by atoms with van der Waals surface area (Å²) in [4.78, 5) is 0. The molecule has 0 aliphatic carbocycles. The number of rotatable bonds is 2. The molecule has 0 unspecified atom stereocenters. The molecule has 0 aromatic heterocycles. The van der Waals surface area contributed by atoms with E-state index in [-0.39, 0.29) is 5.92 Å². The molecular weight excluding hydrogens is 193 g/mol. The Morgan fingerprint density at radius 1 is 1.42 bits per heavy atom. The highest BCUT2D eigenvalue weighted by Gasteiger charge is 2.07. The van der Waals surface area contributed by atoms with Gasteiger partial charge >= 0.3 is 0 Å². The second kappa shape index (κ2) is 4.13. The van der Waals surface area contributed by atoms with Crippen molar-refractivity contribution in [3.8, 4) is 0 Å². The number of hydrogen-bond donors (Lipinski definition) is 1. The third kappa shape index (κ3) is 2.13. The van der Waals surface area contributed by atoms with Crippen molar-refractivity contribution in [1.29, 1.82) is 0 Å². The van der Waals surface area contributed by atoms with Crippen molar-refractivity contribution >= 4 is 23.2 Å². The second-order valence-corrected chi connectivity index (χ2v) is 3.65. The van der Waals surface area contributed by atoms with Crippen molar-refractivity contribution in [2.45, 2.75) is 12.8 Å². The van der Waals surface area contributed by atoms with Crippen LogP contribution in [0.4, 0.5) is 0 Å². The van der Waals surface area contributed by atoms with Gasteiger partial charge in [-0.3, -0.25) is 0 Å². The fourth-order valence-electron chi connectivity index (χ4n) is 1.02. The molecule has 0 aliphatic rings. The van der Waals surface area contributed by atoms with Gasteiger partial charge in [-0.1, -0.05) is 30.1 Å². The average Bonchev–Trinajstić information content (AvgIpc) is 2.08. The molecule has 1 rings (SSSR count). The predicted molar refractivity (Wildman–Crippen MR) is 53.9 cm³/mol. The normalized spacial score (nSPS) is 13.0. The highest BCUT2D eigenvalue weighted by molar-refractivity contribution is 6.33. The SMILES string of the molecule is C[C@@H](CN)c1cc(Cl)ccc1Cl. The molecule has 0 fully saturated rings. The van der Waals surface area contributed by atoms with E-state index < -0.39 is 0 Å². The Morgan fingerprint density at radius 3 is 2.67 bits per heavy atom. The van der Waals surface area contributed by atoms with Crippen LogP contribution < -0.4 is 5.73 Å². The Bertz CT molecular complexity index is 273. The Hall–Kier alpha value is -0.240. The molecule has 3 heteroatoms. The lowest BCUT2D eigenvalue weighted by molar-refractivity contribution is 0.774. The number of benzene rings is 1. The third-order valence-electron chi connectivity index (χ3n) is 1.84. The molecular formula is C9H11Cl2N. The first kappa shape index (κ1) is 9.85. The largest absolute Gasteiger partial charge is 0.330 e.